The number of esters is 4. The highest BCUT2D eigenvalue weighted by Crippen LogP contribution is 2.46. The van der Waals surface area contributed by atoms with Gasteiger partial charge in [0.05, 0.1) is 19.1 Å². The molecular weight excluding hydrogens is 689 g/mol. The lowest BCUT2D eigenvalue weighted by Gasteiger charge is -2.48. The van der Waals surface area contributed by atoms with Gasteiger partial charge >= 0.3 is 23.9 Å². The van der Waals surface area contributed by atoms with E-state index in [-0.39, 0.29) is 36.7 Å². The van der Waals surface area contributed by atoms with Gasteiger partial charge in [-0.1, -0.05) is 36.4 Å². The SMILES string of the molecule is COc1ccc(N2C(=O)C(CCCc3ccc(F)cc3)C2c2ccc(CC3OC(COC(C)=O)C(OC(C)=O)C(OC(C)=O)C3OC(C)=O)cc2)cc1. The van der Waals surface area contributed by atoms with E-state index in [1.54, 1.807) is 36.3 Å². The fourth-order valence-electron chi connectivity index (χ4n) is 6.98. The Morgan fingerprint density at radius 2 is 1.28 bits per heavy atom. The number of β-lactam (4-membered cyclic amide) rings is 1. The lowest BCUT2D eigenvalue weighted by molar-refractivity contribution is -0.252. The van der Waals surface area contributed by atoms with Gasteiger partial charge in [-0.2, -0.15) is 0 Å². The molecule has 53 heavy (non-hydrogen) atoms. The summed E-state index contributed by atoms with van der Waals surface area (Å²) in [5, 5.41) is 0. The second-order valence-corrected chi connectivity index (χ2v) is 13.2. The van der Waals surface area contributed by atoms with E-state index in [1.165, 1.54) is 39.8 Å². The summed E-state index contributed by atoms with van der Waals surface area (Å²) in [7, 11) is 1.58. The van der Waals surface area contributed by atoms with Gasteiger partial charge in [0.25, 0.3) is 0 Å². The molecule has 13 heteroatoms. The first-order valence-corrected chi connectivity index (χ1v) is 17.5. The molecule has 3 aromatic rings. The molecule has 0 spiro atoms. The van der Waals surface area contributed by atoms with Crippen molar-refractivity contribution in [1.82, 2.24) is 0 Å². The number of hydrogen-bond donors (Lipinski definition) is 0. The van der Waals surface area contributed by atoms with Crippen molar-refractivity contribution < 1.29 is 56.8 Å². The van der Waals surface area contributed by atoms with Crippen LogP contribution in [-0.2, 0) is 60.5 Å². The predicted octanol–water partition coefficient (Wildman–Crippen LogP) is 5.23. The van der Waals surface area contributed by atoms with Crippen molar-refractivity contribution in [3.8, 4) is 5.75 Å². The van der Waals surface area contributed by atoms with Crippen molar-refractivity contribution in [2.75, 3.05) is 18.6 Å². The van der Waals surface area contributed by atoms with E-state index in [9.17, 15) is 28.4 Å². The lowest BCUT2D eigenvalue weighted by Crippen LogP contribution is -2.62. The number of carbonyl (C=O) groups is 5. The third kappa shape index (κ3) is 9.78. The number of amides is 1. The number of carbonyl (C=O) groups excluding carboxylic acids is 5. The Bertz CT molecular complexity index is 1760. The maximum absolute atomic E-state index is 13.7. The van der Waals surface area contributed by atoms with Gasteiger partial charge in [0.15, 0.2) is 18.3 Å². The van der Waals surface area contributed by atoms with Crippen molar-refractivity contribution in [3.63, 3.8) is 0 Å². The molecule has 2 fully saturated rings. The Hall–Kier alpha value is -5.30. The fourth-order valence-corrected chi connectivity index (χ4v) is 6.98. The average Bonchev–Trinajstić information content (AvgIpc) is 3.11. The number of rotatable bonds is 14. The van der Waals surface area contributed by atoms with Gasteiger partial charge in [-0.25, -0.2) is 4.39 Å². The molecule has 7 unspecified atom stereocenters. The van der Waals surface area contributed by atoms with Gasteiger partial charge in [-0.05, 0) is 72.4 Å². The Kier molecular flexibility index (Phi) is 12.8. The molecule has 0 N–H and O–H groups in total. The van der Waals surface area contributed by atoms with Crippen LogP contribution in [0.5, 0.6) is 5.75 Å². The Balaban J connectivity index is 1.40. The van der Waals surface area contributed by atoms with Crippen LogP contribution in [-0.4, -0.2) is 74.0 Å². The highest BCUT2D eigenvalue weighted by Gasteiger charge is 2.52. The van der Waals surface area contributed by atoms with Crippen molar-refractivity contribution in [2.45, 2.75) is 89.9 Å². The Morgan fingerprint density at radius 3 is 1.85 bits per heavy atom. The topological polar surface area (TPSA) is 144 Å². The summed E-state index contributed by atoms with van der Waals surface area (Å²) in [5.74, 6) is -2.59. The van der Waals surface area contributed by atoms with Gasteiger partial charge in [-0.3, -0.25) is 24.0 Å². The van der Waals surface area contributed by atoms with E-state index >= 15 is 0 Å². The zero-order valence-corrected chi connectivity index (χ0v) is 30.3. The molecule has 5 rings (SSSR count). The fraction of sp³-hybridized carbons (Fsp3) is 0.425. The number of halogens is 1. The molecule has 7 atom stereocenters. The molecule has 2 saturated heterocycles. The van der Waals surface area contributed by atoms with E-state index in [0.717, 1.165) is 28.8 Å². The van der Waals surface area contributed by atoms with Crippen LogP contribution >= 0.6 is 0 Å². The summed E-state index contributed by atoms with van der Waals surface area (Å²) < 4.78 is 46.9. The average molecular weight is 734 g/mol. The van der Waals surface area contributed by atoms with Crippen LogP contribution in [0.1, 0.15) is 63.3 Å². The molecule has 2 aliphatic rings. The number of aryl methyl sites for hydroxylation is 1. The second-order valence-electron chi connectivity index (χ2n) is 13.2. The van der Waals surface area contributed by atoms with Gasteiger partial charge in [0, 0.05) is 39.8 Å². The molecule has 282 valence electrons. The lowest BCUT2D eigenvalue weighted by atomic mass is 9.78. The predicted molar refractivity (Wildman–Crippen MR) is 188 cm³/mol. The van der Waals surface area contributed by atoms with Gasteiger partial charge < -0.3 is 33.3 Å². The van der Waals surface area contributed by atoms with E-state index in [1.807, 2.05) is 36.4 Å². The molecule has 0 saturated carbocycles. The van der Waals surface area contributed by atoms with Crippen molar-refractivity contribution in [2.24, 2.45) is 5.92 Å². The number of nitrogens with zero attached hydrogens (tertiary/aromatic N) is 1. The summed E-state index contributed by atoms with van der Waals surface area (Å²) in [4.78, 5) is 63.7. The minimum atomic E-state index is -1.26. The number of hydrogen-bond acceptors (Lipinski definition) is 11. The van der Waals surface area contributed by atoms with Crippen molar-refractivity contribution in [1.29, 1.82) is 0 Å². The maximum atomic E-state index is 13.7. The largest absolute Gasteiger partial charge is 0.497 e. The molecule has 0 aliphatic carbocycles. The van der Waals surface area contributed by atoms with E-state index in [4.69, 9.17) is 28.4 Å². The van der Waals surface area contributed by atoms with Crippen LogP contribution in [0.4, 0.5) is 10.1 Å². The smallest absolute Gasteiger partial charge is 0.303 e. The molecule has 12 nitrogen and oxygen atoms in total. The molecular formula is C40H44FNO11. The summed E-state index contributed by atoms with van der Waals surface area (Å²) in [6.07, 6.45) is -3.38. The van der Waals surface area contributed by atoms with Crippen LogP contribution in [0.2, 0.25) is 0 Å². The van der Waals surface area contributed by atoms with Crippen molar-refractivity contribution in [3.05, 3.63) is 95.3 Å². The van der Waals surface area contributed by atoms with Crippen molar-refractivity contribution >= 4 is 35.5 Å². The zero-order valence-electron chi connectivity index (χ0n) is 30.3. The maximum Gasteiger partial charge on any atom is 0.303 e. The minimum Gasteiger partial charge on any atom is -0.497 e. The van der Waals surface area contributed by atoms with Gasteiger partial charge in [0.1, 0.15) is 30.4 Å². The highest BCUT2D eigenvalue weighted by molar-refractivity contribution is 6.03. The summed E-state index contributed by atoms with van der Waals surface area (Å²) in [6.45, 7) is 4.45. The summed E-state index contributed by atoms with van der Waals surface area (Å²) in [5.41, 5.74) is 3.40. The van der Waals surface area contributed by atoms with Gasteiger partial charge in [-0.15, -0.1) is 0 Å². The van der Waals surface area contributed by atoms with Crippen LogP contribution in [0.3, 0.4) is 0 Å². The van der Waals surface area contributed by atoms with E-state index in [0.29, 0.717) is 18.6 Å². The highest BCUT2D eigenvalue weighted by atomic mass is 19.1. The quantitative estimate of drug-likeness (QED) is 0.122. The minimum absolute atomic E-state index is 0.000784. The third-order valence-electron chi connectivity index (χ3n) is 9.30. The first-order chi connectivity index (χ1) is 25.3. The summed E-state index contributed by atoms with van der Waals surface area (Å²) >= 11 is 0. The summed E-state index contributed by atoms with van der Waals surface area (Å²) in [6, 6.07) is 21.0. The van der Waals surface area contributed by atoms with Crippen LogP contribution < -0.4 is 9.64 Å². The normalized spacial score (nSPS) is 23.7. The second kappa shape index (κ2) is 17.5. The van der Waals surface area contributed by atoms with E-state index in [2.05, 4.69) is 0 Å². The standard InChI is InChI=1S/C40H44FNO11/c1-23(43)49-22-35-38(51-25(3)45)39(52-26(4)46)37(50-24(2)44)34(53-35)21-28-9-13-29(14-10-28)36-33(8-6-7-27-11-15-30(41)16-12-27)40(47)42(36)31-17-19-32(48-5)20-18-31/h9-20,33-39H,6-8,21-22H2,1-5H3. The third-order valence-corrected chi connectivity index (χ3v) is 9.30. The van der Waals surface area contributed by atoms with Gasteiger partial charge in [0.2, 0.25) is 5.91 Å². The first-order valence-electron chi connectivity index (χ1n) is 17.5. The Morgan fingerprint density at radius 1 is 0.717 bits per heavy atom. The van der Waals surface area contributed by atoms with Crippen LogP contribution in [0.15, 0.2) is 72.8 Å². The molecule has 2 heterocycles. The number of methoxy groups -OCH3 is 1. The molecule has 0 radical (unpaired) electrons. The van der Waals surface area contributed by atoms with E-state index < -0.39 is 54.4 Å². The monoisotopic (exact) mass is 733 g/mol. The number of anilines is 1. The first kappa shape index (κ1) is 38.9. The molecule has 1 amide bonds. The number of benzene rings is 3. The molecule has 2 aliphatic heterocycles. The zero-order chi connectivity index (χ0) is 38.2. The van der Waals surface area contributed by atoms with Crippen LogP contribution in [0.25, 0.3) is 0 Å². The van der Waals surface area contributed by atoms with Crippen LogP contribution in [0, 0.1) is 11.7 Å². The molecule has 3 aromatic carbocycles. The number of ether oxygens (including phenoxy) is 6. The Labute approximate surface area is 307 Å². The molecule has 0 aromatic heterocycles. The molecule has 0 bridgehead atoms.